The Hall–Kier alpha value is -2.57. The zero-order valence-corrected chi connectivity index (χ0v) is 16.6. The predicted molar refractivity (Wildman–Crippen MR) is 100 cm³/mol. The summed E-state index contributed by atoms with van der Waals surface area (Å²) in [7, 11) is 1.58. The number of imide groups is 1. The number of rotatable bonds is 8. The number of nitrogens with one attached hydrogen (secondary N) is 1. The SMILES string of the molecule is CCC1(c2ccc(OC)c(C)c2)NC(=O)N(CC(=O)OCCC(C)C)C1=O. The molecule has 1 aromatic carbocycles. The van der Waals surface area contributed by atoms with Crippen molar-refractivity contribution in [2.45, 2.75) is 46.1 Å². The van der Waals surface area contributed by atoms with E-state index in [0.29, 0.717) is 23.7 Å². The van der Waals surface area contributed by atoms with Gasteiger partial charge in [-0.05, 0) is 48.9 Å². The summed E-state index contributed by atoms with van der Waals surface area (Å²) >= 11 is 0. The maximum Gasteiger partial charge on any atom is 0.326 e. The van der Waals surface area contributed by atoms with Gasteiger partial charge in [-0.3, -0.25) is 14.5 Å². The lowest BCUT2D eigenvalue weighted by molar-refractivity contribution is -0.148. The summed E-state index contributed by atoms with van der Waals surface area (Å²) in [6.07, 6.45) is 1.10. The molecular formula is C20H28N2O5. The van der Waals surface area contributed by atoms with Crippen molar-refractivity contribution in [3.8, 4) is 5.75 Å². The van der Waals surface area contributed by atoms with Crippen molar-refractivity contribution >= 4 is 17.9 Å². The number of urea groups is 1. The maximum absolute atomic E-state index is 13.1. The van der Waals surface area contributed by atoms with Crippen LogP contribution in [0.4, 0.5) is 4.79 Å². The number of carbonyl (C=O) groups excluding carboxylic acids is 3. The third-order valence-electron chi connectivity index (χ3n) is 4.84. The number of hydrogen-bond acceptors (Lipinski definition) is 5. The van der Waals surface area contributed by atoms with E-state index in [1.54, 1.807) is 19.2 Å². The molecule has 3 amide bonds. The summed E-state index contributed by atoms with van der Waals surface area (Å²) < 4.78 is 10.4. The van der Waals surface area contributed by atoms with Gasteiger partial charge in [0.15, 0.2) is 0 Å². The molecule has 1 saturated heterocycles. The predicted octanol–water partition coefficient (Wildman–Crippen LogP) is 2.75. The number of methoxy groups -OCH3 is 1. The molecule has 0 radical (unpaired) electrons. The Bertz CT molecular complexity index is 731. The molecule has 1 heterocycles. The van der Waals surface area contributed by atoms with Crippen molar-refractivity contribution in [3.05, 3.63) is 29.3 Å². The van der Waals surface area contributed by atoms with Crippen LogP contribution in [0.1, 0.15) is 44.7 Å². The third-order valence-corrected chi connectivity index (χ3v) is 4.84. The lowest BCUT2D eigenvalue weighted by Gasteiger charge is -2.26. The number of carbonyl (C=O) groups is 3. The zero-order chi connectivity index (χ0) is 20.2. The van der Waals surface area contributed by atoms with Crippen molar-refractivity contribution in [1.82, 2.24) is 10.2 Å². The second kappa shape index (κ2) is 8.41. The molecule has 0 spiro atoms. The molecular weight excluding hydrogens is 348 g/mol. The first kappa shape index (κ1) is 20.7. The Labute approximate surface area is 160 Å². The number of ether oxygens (including phenoxy) is 2. The number of aryl methyl sites for hydroxylation is 1. The molecule has 1 unspecified atom stereocenters. The molecule has 1 fully saturated rings. The fourth-order valence-electron chi connectivity index (χ4n) is 3.14. The second-order valence-corrected chi connectivity index (χ2v) is 7.17. The Kier molecular flexibility index (Phi) is 6.46. The van der Waals surface area contributed by atoms with Crippen molar-refractivity contribution in [3.63, 3.8) is 0 Å². The quantitative estimate of drug-likeness (QED) is 0.557. The van der Waals surface area contributed by atoms with Crippen LogP contribution in [0.15, 0.2) is 18.2 Å². The number of benzene rings is 1. The maximum atomic E-state index is 13.1. The van der Waals surface area contributed by atoms with Gasteiger partial charge in [-0.15, -0.1) is 0 Å². The highest BCUT2D eigenvalue weighted by Gasteiger charge is 2.51. The molecule has 1 aliphatic rings. The smallest absolute Gasteiger partial charge is 0.326 e. The van der Waals surface area contributed by atoms with Crippen LogP contribution in [-0.4, -0.2) is 43.1 Å². The monoisotopic (exact) mass is 376 g/mol. The first-order valence-electron chi connectivity index (χ1n) is 9.20. The summed E-state index contributed by atoms with van der Waals surface area (Å²) in [6.45, 7) is 7.63. The van der Waals surface area contributed by atoms with Crippen molar-refractivity contribution in [1.29, 1.82) is 0 Å². The van der Waals surface area contributed by atoms with Gasteiger partial charge in [0.25, 0.3) is 5.91 Å². The molecule has 0 aliphatic carbocycles. The molecule has 0 aromatic heterocycles. The highest BCUT2D eigenvalue weighted by Crippen LogP contribution is 2.34. The van der Waals surface area contributed by atoms with Gasteiger partial charge in [0.2, 0.25) is 0 Å². The minimum absolute atomic E-state index is 0.275. The van der Waals surface area contributed by atoms with Gasteiger partial charge < -0.3 is 14.8 Å². The number of nitrogens with zero attached hydrogens (tertiary/aromatic N) is 1. The summed E-state index contributed by atoms with van der Waals surface area (Å²) in [4.78, 5) is 38.4. The standard InChI is InChI=1S/C20H28N2O5/c1-6-20(15-7-8-16(26-5)14(4)11-15)18(24)22(19(25)21-20)12-17(23)27-10-9-13(2)3/h7-8,11,13H,6,9-10,12H2,1-5H3,(H,21,25). The largest absolute Gasteiger partial charge is 0.496 e. The molecule has 148 valence electrons. The van der Waals surface area contributed by atoms with Crippen LogP contribution in [0.5, 0.6) is 5.75 Å². The number of amides is 3. The third kappa shape index (κ3) is 4.23. The van der Waals surface area contributed by atoms with E-state index >= 15 is 0 Å². The Morgan fingerprint density at radius 1 is 1.30 bits per heavy atom. The summed E-state index contributed by atoms with van der Waals surface area (Å²) in [5.41, 5.74) is 0.334. The second-order valence-electron chi connectivity index (χ2n) is 7.17. The van der Waals surface area contributed by atoms with Crippen LogP contribution < -0.4 is 10.1 Å². The van der Waals surface area contributed by atoms with Crippen molar-refractivity contribution in [2.24, 2.45) is 5.92 Å². The summed E-state index contributed by atoms with van der Waals surface area (Å²) in [6, 6.07) is 4.77. The van der Waals surface area contributed by atoms with Crippen LogP contribution in [0.25, 0.3) is 0 Å². The minimum atomic E-state index is -1.19. The fraction of sp³-hybridized carbons (Fsp3) is 0.550. The number of hydrogen-bond donors (Lipinski definition) is 1. The van der Waals surface area contributed by atoms with Crippen LogP contribution in [-0.2, 0) is 19.9 Å². The summed E-state index contributed by atoms with van der Waals surface area (Å²) in [5, 5.41) is 2.77. The van der Waals surface area contributed by atoms with Gasteiger partial charge in [-0.2, -0.15) is 0 Å². The van der Waals surface area contributed by atoms with E-state index in [-0.39, 0.29) is 13.2 Å². The molecule has 0 saturated carbocycles. The lowest BCUT2D eigenvalue weighted by atomic mass is 9.86. The van der Waals surface area contributed by atoms with Crippen LogP contribution in [0.2, 0.25) is 0 Å². The van der Waals surface area contributed by atoms with Gasteiger partial charge in [-0.1, -0.05) is 26.8 Å². The average Bonchev–Trinajstić information content (AvgIpc) is 2.86. The van der Waals surface area contributed by atoms with Crippen LogP contribution in [0, 0.1) is 12.8 Å². The van der Waals surface area contributed by atoms with Crippen LogP contribution >= 0.6 is 0 Å². The van der Waals surface area contributed by atoms with Crippen LogP contribution in [0.3, 0.4) is 0 Å². The average molecular weight is 376 g/mol. The van der Waals surface area contributed by atoms with Crippen molar-refractivity contribution < 1.29 is 23.9 Å². The fourth-order valence-corrected chi connectivity index (χ4v) is 3.14. The number of esters is 1. The van der Waals surface area contributed by atoms with Gasteiger partial charge in [0.1, 0.15) is 17.8 Å². The van der Waals surface area contributed by atoms with E-state index in [4.69, 9.17) is 9.47 Å². The molecule has 1 aliphatic heterocycles. The molecule has 2 rings (SSSR count). The molecule has 1 N–H and O–H groups in total. The van der Waals surface area contributed by atoms with E-state index in [1.807, 2.05) is 33.8 Å². The van der Waals surface area contributed by atoms with E-state index < -0.39 is 23.4 Å². The first-order chi connectivity index (χ1) is 12.7. The molecule has 27 heavy (non-hydrogen) atoms. The minimum Gasteiger partial charge on any atom is -0.496 e. The molecule has 7 heteroatoms. The highest BCUT2D eigenvalue weighted by atomic mass is 16.5. The van der Waals surface area contributed by atoms with E-state index in [9.17, 15) is 14.4 Å². The van der Waals surface area contributed by atoms with Gasteiger partial charge in [0.05, 0.1) is 13.7 Å². The lowest BCUT2D eigenvalue weighted by Crippen LogP contribution is -2.44. The Balaban J connectivity index is 2.19. The van der Waals surface area contributed by atoms with Crippen molar-refractivity contribution in [2.75, 3.05) is 20.3 Å². The topological polar surface area (TPSA) is 84.9 Å². The normalized spacial score (nSPS) is 19.4. The van der Waals surface area contributed by atoms with E-state index in [0.717, 1.165) is 16.9 Å². The van der Waals surface area contributed by atoms with Gasteiger partial charge in [0, 0.05) is 0 Å². The highest BCUT2D eigenvalue weighted by molar-refractivity contribution is 6.09. The molecule has 7 nitrogen and oxygen atoms in total. The zero-order valence-electron chi connectivity index (χ0n) is 16.6. The molecule has 1 aromatic rings. The first-order valence-corrected chi connectivity index (χ1v) is 9.20. The van der Waals surface area contributed by atoms with Gasteiger partial charge >= 0.3 is 12.0 Å². The van der Waals surface area contributed by atoms with Gasteiger partial charge in [-0.25, -0.2) is 4.79 Å². The Morgan fingerprint density at radius 3 is 2.56 bits per heavy atom. The van der Waals surface area contributed by atoms with E-state index in [2.05, 4.69) is 5.32 Å². The molecule has 1 atom stereocenters. The Morgan fingerprint density at radius 2 is 2.00 bits per heavy atom. The summed E-state index contributed by atoms with van der Waals surface area (Å²) in [5.74, 6) is 0.0743. The van der Waals surface area contributed by atoms with E-state index in [1.165, 1.54) is 0 Å². The molecule has 0 bridgehead atoms.